The number of carbonyl (C=O) groups excluding carboxylic acids is 3. The summed E-state index contributed by atoms with van der Waals surface area (Å²) in [5, 5.41) is 2.70. The van der Waals surface area contributed by atoms with E-state index in [1.807, 2.05) is 20.8 Å². The molecule has 0 radical (unpaired) electrons. The smallest absolute Gasteiger partial charge is 0.306 e. The largest absolute Gasteiger partial charge is 0.461 e. The van der Waals surface area contributed by atoms with Crippen LogP contribution < -0.4 is 5.32 Å². The van der Waals surface area contributed by atoms with Gasteiger partial charge in [0.05, 0.1) is 12.5 Å². The van der Waals surface area contributed by atoms with Crippen LogP contribution in [0.1, 0.15) is 41.0 Å². The van der Waals surface area contributed by atoms with Gasteiger partial charge in [-0.3, -0.25) is 14.4 Å². The lowest BCUT2D eigenvalue weighted by Crippen LogP contribution is -2.49. The van der Waals surface area contributed by atoms with Crippen LogP contribution in [-0.2, 0) is 19.1 Å². The Bertz CT molecular complexity index is 382. The lowest BCUT2D eigenvalue weighted by molar-refractivity contribution is -0.145. The third-order valence-electron chi connectivity index (χ3n) is 2.84. The minimum atomic E-state index is -0.568. The molecular formula is C15H25NO4. The van der Waals surface area contributed by atoms with E-state index in [1.165, 1.54) is 13.0 Å². The molecule has 1 amide bonds. The van der Waals surface area contributed by atoms with Gasteiger partial charge in [0.15, 0.2) is 5.78 Å². The van der Waals surface area contributed by atoms with E-state index in [9.17, 15) is 14.4 Å². The maximum atomic E-state index is 12.0. The number of nitrogens with one attached hydrogen (secondary N) is 1. The van der Waals surface area contributed by atoms with Crippen LogP contribution in [-0.4, -0.2) is 30.3 Å². The zero-order valence-corrected chi connectivity index (χ0v) is 13.0. The van der Waals surface area contributed by atoms with Gasteiger partial charge in [0.2, 0.25) is 5.91 Å². The number of ether oxygens (including phenoxy) is 1. The Morgan fingerprint density at radius 1 is 1.30 bits per heavy atom. The number of esters is 1. The second-order valence-electron chi connectivity index (χ2n) is 6.00. The molecule has 5 heteroatoms. The van der Waals surface area contributed by atoms with Crippen molar-refractivity contribution in [3.63, 3.8) is 0 Å². The predicted molar refractivity (Wildman–Crippen MR) is 77.0 cm³/mol. The second kappa shape index (κ2) is 7.82. The van der Waals surface area contributed by atoms with Gasteiger partial charge in [-0.25, -0.2) is 0 Å². The molecule has 0 saturated heterocycles. The van der Waals surface area contributed by atoms with E-state index in [0.29, 0.717) is 0 Å². The van der Waals surface area contributed by atoms with Crippen molar-refractivity contribution < 1.29 is 19.1 Å². The van der Waals surface area contributed by atoms with Crippen LogP contribution >= 0.6 is 0 Å². The van der Waals surface area contributed by atoms with E-state index in [1.54, 1.807) is 6.92 Å². The molecule has 0 aromatic rings. The Morgan fingerprint density at radius 2 is 1.85 bits per heavy atom. The van der Waals surface area contributed by atoms with Gasteiger partial charge in [-0.05, 0) is 12.3 Å². The molecule has 0 bridgehead atoms. The summed E-state index contributed by atoms with van der Waals surface area (Å²) in [7, 11) is 0. The van der Waals surface area contributed by atoms with E-state index in [4.69, 9.17) is 4.74 Å². The highest BCUT2D eigenvalue weighted by molar-refractivity contribution is 5.90. The quantitative estimate of drug-likeness (QED) is 0.572. The molecular weight excluding hydrogens is 258 g/mol. The number of hydrogen-bond acceptors (Lipinski definition) is 4. The van der Waals surface area contributed by atoms with Crippen molar-refractivity contribution in [3.05, 3.63) is 12.7 Å². The summed E-state index contributed by atoms with van der Waals surface area (Å²) in [6, 6.07) is -0.568. The lowest BCUT2D eigenvalue weighted by Gasteiger charge is -2.30. The summed E-state index contributed by atoms with van der Waals surface area (Å²) in [6.45, 7) is 12.3. The molecule has 0 aromatic heterocycles. The highest BCUT2D eigenvalue weighted by atomic mass is 16.5. The van der Waals surface area contributed by atoms with Gasteiger partial charge >= 0.3 is 5.97 Å². The van der Waals surface area contributed by atoms with Crippen LogP contribution in [0.2, 0.25) is 0 Å². The molecule has 2 atom stereocenters. The van der Waals surface area contributed by atoms with Crippen LogP contribution in [0.4, 0.5) is 0 Å². The summed E-state index contributed by atoms with van der Waals surface area (Å²) in [6.07, 6.45) is 1.45. The molecule has 20 heavy (non-hydrogen) atoms. The second-order valence-corrected chi connectivity index (χ2v) is 6.00. The molecule has 0 saturated carbocycles. The first-order valence-electron chi connectivity index (χ1n) is 6.67. The molecule has 0 aromatic carbocycles. The van der Waals surface area contributed by atoms with Crippen molar-refractivity contribution in [2.45, 2.75) is 47.1 Å². The SMILES string of the molecule is C=CCOC(=O)CC(C)C(=O)NC(C(C)=O)C(C)(C)C. The number of Topliss-reactive ketones (excluding diaryl/α,β-unsaturated/α-hetero) is 1. The summed E-state index contributed by atoms with van der Waals surface area (Å²) < 4.78 is 4.83. The van der Waals surface area contributed by atoms with E-state index >= 15 is 0 Å². The van der Waals surface area contributed by atoms with Gasteiger partial charge in [0.25, 0.3) is 0 Å². The normalized spacial score (nSPS) is 14.1. The molecule has 0 heterocycles. The van der Waals surface area contributed by atoms with Crippen LogP contribution in [0.3, 0.4) is 0 Å². The van der Waals surface area contributed by atoms with Crippen LogP contribution in [0, 0.1) is 11.3 Å². The Morgan fingerprint density at radius 3 is 2.25 bits per heavy atom. The molecule has 0 aliphatic carbocycles. The molecule has 1 N–H and O–H groups in total. The Balaban J connectivity index is 4.54. The molecule has 114 valence electrons. The van der Waals surface area contributed by atoms with Crippen molar-refractivity contribution in [3.8, 4) is 0 Å². The van der Waals surface area contributed by atoms with Gasteiger partial charge in [-0.2, -0.15) is 0 Å². The van der Waals surface area contributed by atoms with Crippen molar-refractivity contribution in [2.75, 3.05) is 6.61 Å². The fourth-order valence-electron chi connectivity index (χ4n) is 1.77. The number of rotatable bonds is 7. The van der Waals surface area contributed by atoms with Gasteiger partial charge in [0.1, 0.15) is 6.61 Å². The lowest BCUT2D eigenvalue weighted by atomic mass is 9.84. The molecule has 0 rings (SSSR count). The van der Waals surface area contributed by atoms with Crippen molar-refractivity contribution >= 4 is 17.7 Å². The Kier molecular flexibility index (Phi) is 7.18. The summed E-state index contributed by atoms with van der Waals surface area (Å²) in [5.74, 6) is -1.43. The highest BCUT2D eigenvalue weighted by Crippen LogP contribution is 2.20. The van der Waals surface area contributed by atoms with Gasteiger partial charge in [0, 0.05) is 5.92 Å². The van der Waals surface area contributed by atoms with Gasteiger partial charge < -0.3 is 10.1 Å². The summed E-state index contributed by atoms with van der Waals surface area (Å²) >= 11 is 0. The van der Waals surface area contributed by atoms with E-state index in [-0.39, 0.29) is 30.1 Å². The topological polar surface area (TPSA) is 72.5 Å². The average molecular weight is 283 g/mol. The summed E-state index contributed by atoms with van der Waals surface area (Å²) in [5.41, 5.74) is -0.370. The number of amides is 1. The molecule has 0 aliphatic heterocycles. The number of ketones is 1. The molecule has 5 nitrogen and oxygen atoms in total. The first-order valence-corrected chi connectivity index (χ1v) is 6.67. The maximum absolute atomic E-state index is 12.0. The van der Waals surface area contributed by atoms with Gasteiger partial charge in [-0.1, -0.05) is 40.3 Å². The number of hydrogen-bond donors (Lipinski definition) is 1. The standard InChI is InChI=1S/C15H25NO4/c1-7-8-20-12(18)9-10(2)14(19)16-13(11(3)17)15(4,5)6/h7,10,13H,1,8-9H2,2-6H3,(H,16,19). The Labute approximate surface area is 120 Å². The predicted octanol–water partition coefficient (Wildman–Crippen LogP) is 1.86. The van der Waals surface area contributed by atoms with Crippen molar-refractivity contribution in [1.29, 1.82) is 0 Å². The monoisotopic (exact) mass is 283 g/mol. The first-order chi connectivity index (χ1) is 9.09. The van der Waals surface area contributed by atoms with Crippen LogP contribution in [0.25, 0.3) is 0 Å². The van der Waals surface area contributed by atoms with E-state index < -0.39 is 17.9 Å². The third kappa shape index (κ3) is 6.50. The zero-order chi connectivity index (χ0) is 15.9. The maximum Gasteiger partial charge on any atom is 0.306 e. The van der Waals surface area contributed by atoms with E-state index in [2.05, 4.69) is 11.9 Å². The Hall–Kier alpha value is -1.65. The zero-order valence-electron chi connectivity index (χ0n) is 13.0. The molecule has 0 aliphatic rings. The minimum absolute atomic E-state index is 0.0194. The average Bonchev–Trinajstić information content (AvgIpc) is 2.30. The van der Waals surface area contributed by atoms with Crippen LogP contribution in [0.5, 0.6) is 0 Å². The molecule has 0 fully saturated rings. The molecule has 0 spiro atoms. The van der Waals surface area contributed by atoms with E-state index in [0.717, 1.165) is 0 Å². The summed E-state index contributed by atoms with van der Waals surface area (Å²) in [4.78, 5) is 35.0. The van der Waals surface area contributed by atoms with Crippen molar-refractivity contribution in [1.82, 2.24) is 5.32 Å². The highest BCUT2D eigenvalue weighted by Gasteiger charge is 2.31. The van der Waals surface area contributed by atoms with Crippen molar-refractivity contribution in [2.24, 2.45) is 11.3 Å². The van der Waals surface area contributed by atoms with Gasteiger partial charge in [-0.15, -0.1) is 0 Å². The minimum Gasteiger partial charge on any atom is -0.461 e. The fourth-order valence-corrected chi connectivity index (χ4v) is 1.77. The number of carbonyl (C=O) groups is 3. The molecule has 2 unspecified atom stereocenters. The first kappa shape index (κ1) is 18.4. The third-order valence-corrected chi connectivity index (χ3v) is 2.84. The fraction of sp³-hybridized carbons (Fsp3) is 0.667. The van der Waals surface area contributed by atoms with Crippen LogP contribution in [0.15, 0.2) is 12.7 Å².